The molecule has 0 radical (unpaired) electrons. The van der Waals surface area contributed by atoms with E-state index in [1.165, 1.54) is 24.8 Å². The van der Waals surface area contributed by atoms with Crippen LogP contribution >= 0.6 is 11.6 Å². The van der Waals surface area contributed by atoms with E-state index in [2.05, 4.69) is 29.2 Å². The Balaban J connectivity index is 1.48. The normalized spacial score (nSPS) is 16.2. The third-order valence-corrected chi connectivity index (χ3v) is 5.83. The first kappa shape index (κ1) is 20.6. The van der Waals surface area contributed by atoms with Crippen molar-refractivity contribution in [1.29, 1.82) is 0 Å². The highest BCUT2D eigenvalue weighted by atomic mass is 35.5. The van der Waals surface area contributed by atoms with Gasteiger partial charge in [0.2, 0.25) is 11.7 Å². The van der Waals surface area contributed by atoms with Crippen LogP contribution in [-0.2, 0) is 6.42 Å². The predicted octanol–water partition coefficient (Wildman–Crippen LogP) is 6.10. The number of aromatic nitrogens is 2. The zero-order valence-electron chi connectivity index (χ0n) is 17.2. The predicted molar refractivity (Wildman–Crippen MR) is 117 cm³/mol. The van der Waals surface area contributed by atoms with Crippen LogP contribution in [0.25, 0.3) is 11.4 Å². The van der Waals surface area contributed by atoms with Gasteiger partial charge in [-0.05, 0) is 55.5 Å². The van der Waals surface area contributed by atoms with Crippen molar-refractivity contribution in [1.82, 2.24) is 15.0 Å². The number of benzene rings is 2. The summed E-state index contributed by atoms with van der Waals surface area (Å²) in [6, 6.07) is 15.2. The molecule has 1 aromatic heterocycles. The van der Waals surface area contributed by atoms with Crippen LogP contribution in [-0.4, -0.2) is 27.5 Å². The number of nitrogens with zero attached hydrogens (tertiary/aromatic N) is 3. The van der Waals surface area contributed by atoms with Crippen molar-refractivity contribution in [3.8, 4) is 11.4 Å². The van der Waals surface area contributed by atoms with Crippen molar-refractivity contribution in [2.75, 3.05) is 6.54 Å². The Morgan fingerprint density at radius 3 is 2.80 bits per heavy atom. The first-order valence-corrected chi connectivity index (χ1v) is 11.0. The summed E-state index contributed by atoms with van der Waals surface area (Å²) in [5, 5.41) is 4.72. The van der Waals surface area contributed by atoms with E-state index in [4.69, 9.17) is 16.1 Å². The maximum Gasteiger partial charge on any atom is 0.254 e. The van der Waals surface area contributed by atoms with Crippen LogP contribution in [0.15, 0.2) is 53.1 Å². The second-order valence-corrected chi connectivity index (χ2v) is 8.21. The highest BCUT2D eigenvalue weighted by Crippen LogP contribution is 2.33. The van der Waals surface area contributed by atoms with Gasteiger partial charge in [-0.3, -0.25) is 4.79 Å². The van der Waals surface area contributed by atoms with Crippen LogP contribution in [0.4, 0.5) is 0 Å². The molecule has 1 aliphatic heterocycles. The molecule has 0 bridgehead atoms. The molecule has 0 aliphatic carbocycles. The second-order valence-electron chi connectivity index (χ2n) is 7.78. The van der Waals surface area contributed by atoms with E-state index in [9.17, 15) is 4.79 Å². The SMILES string of the molecule is CCCCCc1ccc(C(=O)N2CCC[C@@H]2c2nc(-c3cccc(Cl)c3)no2)cc1. The summed E-state index contributed by atoms with van der Waals surface area (Å²) in [6.07, 6.45) is 6.42. The number of carbonyl (C=O) groups excluding carboxylic acids is 1. The zero-order valence-corrected chi connectivity index (χ0v) is 17.9. The highest BCUT2D eigenvalue weighted by molar-refractivity contribution is 6.30. The van der Waals surface area contributed by atoms with Crippen LogP contribution in [0, 0.1) is 0 Å². The first-order valence-electron chi connectivity index (χ1n) is 10.6. The summed E-state index contributed by atoms with van der Waals surface area (Å²) in [5.41, 5.74) is 2.78. The van der Waals surface area contributed by atoms with Crippen LogP contribution < -0.4 is 0 Å². The smallest absolute Gasteiger partial charge is 0.254 e. The minimum absolute atomic E-state index is 0.0140. The number of likely N-dealkylation sites (tertiary alicyclic amines) is 1. The molecule has 3 aromatic rings. The number of hydrogen-bond acceptors (Lipinski definition) is 4. The van der Waals surface area contributed by atoms with Gasteiger partial charge in [0.1, 0.15) is 6.04 Å². The van der Waals surface area contributed by atoms with Crippen LogP contribution in [0.5, 0.6) is 0 Å². The average Bonchev–Trinajstić information content (AvgIpc) is 3.43. The molecule has 156 valence electrons. The van der Waals surface area contributed by atoms with Gasteiger partial charge in [-0.1, -0.05) is 60.8 Å². The molecular formula is C24H26ClN3O2. The van der Waals surface area contributed by atoms with Crippen molar-refractivity contribution in [3.63, 3.8) is 0 Å². The summed E-state index contributed by atoms with van der Waals surface area (Å²) < 4.78 is 5.54. The van der Waals surface area contributed by atoms with Gasteiger partial charge < -0.3 is 9.42 Å². The quantitative estimate of drug-likeness (QED) is 0.431. The van der Waals surface area contributed by atoms with Gasteiger partial charge in [-0.2, -0.15) is 4.98 Å². The van der Waals surface area contributed by atoms with Crippen molar-refractivity contribution >= 4 is 17.5 Å². The first-order chi connectivity index (χ1) is 14.7. The lowest BCUT2D eigenvalue weighted by atomic mass is 10.0. The van der Waals surface area contributed by atoms with Crippen LogP contribution in [0.3, 0.4) is 0 Å². The lowest BCUT2D eigenvalue weighted by molar-refractivity contribution is 0.0710. The van der Waals surface area contributed by atoms with Gasteiger partial charge in [-0.15, -0.1) is 0 Å². The van der Waals surface area contributed by atoms with E-state index < -0.39 is 0 Å². The molecular weight excluding hydrogens is 398 g/mol. The molecule has 6 heteroatoms. The van der Waals surface area contributed by atoms with Gasteiger partial charge in [0.25, 0.3) is 5.91 Å². The molecule has 1 atom stereocenters. The number of carbonyl (C=O) groups is 1. The van der Waals surface area contributed by atoms with Crippen molar-refractivity contribution < 1.29 is 9.32 Å². The van der Waals surface area contributed by atoms with Crippen molar-refractivity contribution in [3.05, 3.63) is 70.6 Å². The van der Waals surface area contributed by atoms with Gasteiger partial charge in [0, 0.05) is 22.7 Å². The van der Waals surface area contributed by atoms with E-state index >= 15 is 0 Å². The van der Waals surface area contributed by atoms with Gasteiger partial charge in [0.05, 0.1) is 0 Å². The third-order valence-electron chi connectivity index (χ3n) is 5.59. The fourth-order valence-electron chi connectivity index (χ4n) is 3.94. The minimum Gasteiger partial charge on any atom is -0.337 e. The van der Waals surface area contributed by atoms with E-state index in [1.807, 2.05) is 29.2 Å². The molecule has 1 amide bonds. The van der Waals surface area contributed by atoms with Gasteiger partial charge in [-0.25, -0.2) is 0 Å². The summed E-state index contributed by atoms with van der Waals surface area (Å²) in [4.78, 5) is 19.5. The monoisotopic (exact) mass is 423 g/mol. The Bertz CT molecular complexity index is 1000. The number of aryl methyl sites for hydroxylation is 1. The Kier molecular flexibility index (Phi) is 6.48. The number of hydrogen-bond donors (Lipinski definition) is 0. The highest BCUT2D eigenvalue weighted by Gasteiger charge is 2.34. The maximum absolute atomic E-state index is 13.1. The number of amides is 1. The van der Waals surface area contributed by atoms with E-state index in [0.717, 1.165) is 24.8 Å². The molecule has 30 heavy (non-hydrogen) atoms. The Hall–Kier alpha value is -2.66. The standard InChI is InChI=1S/C24H26ClN3O2/c1-2-3-4-7-17-11-13-18(14-12-17)24(29)28-15-6-10-21(28)23-26-22(27-30-23)19-8-5-9-20(25)16-19/h5,8-9,11-14,16,21H,2-4,6-7,10,15H2,1H3/t21-/m1/s1. The molecule has 1 saturated heterocycles. The summed E-state index contributed by atoms with van der Waals surface area (Å²) in [6.45, 7) is 2.90. The Labute approximate surface area is 182 Å². The zero-order chi connectivity index (χ0) is 20.9. The van der Waals surface area contributed by atoms with Crippen molar-refractivity contribution in [2.45, 2.75) is 51.5 Å². The van der Waals surface area contributed by atoms with Crippen molar-refractivity contribution in [2.24, 2.45) is 0 Å². The Morgan fingerprint density at radius 2 is 2.03 bits per heavy atom. The van der Waals surface area contributed by atoms with E-state index in [-0.39, 0.29) is 11.9 Å². The third kappa shape index (κ3) is 4.57. The second kappa shape index (κ2) is 9.43. The molecule has 2 heterocycles. The van der Waals surface area contributed by atoms with Gasteiger partial charge in [0.15, 0.2) is 0 Å². The topological polar surface area (TPSA) is 59.2 Å². The molecule has 0 saturated carbocycles. The molecule has 1 aliphatic rings. The molecule has 4 rings (SSSR count). The molecule has 5 nitrogen and oxygen atoms in total. The molecule has 1 fully saturated rings. The van der Waals surface area contributed by atoms with E-state index in [0.29, 0.717) is 28.8 Å². The minimum atomic E-state index is -0.192. The lowest BCUT2D eigenvalue weighted by Crippen LogP contribution is -2.30. The summed E-state index contributed by atoms with van der Waals surface area (Å²) in [5.74, 6) is 0.982. The molecule has 0 spiro atoms. The number of unbranched alkanes of at least 4 members (excludes halogenated alkanes) is 2. The van der Waals surface area contributed by atoms with Crippen LogP contribution in [0.1, 0.15) is 66.9 Å². The molecule has 2 aromatic carbocycles. The lowest BCUT2D eigenvalue weighted by Gasteiger charge is -2.22. The summed E-state index contributed by atoms with van der Waals surface area (Å²) >= 11 is 6.07. The number of rotatable bonds is 7. The maximum atomic E-state index is 13.1. The molecule has 0 N–H and O–H groups in total. The summed E-state index contributed by atoms with van der Waals surface area (Å²) in [7, 11) is 0. The average molecular weight is 424 g/mol. The van der Waals surface area contributed by atoms with Gasteiger partial charge >= 0.3 is 0 Å². The number of halogens is 1. The van der Waals surface area contributed by atoms with Crippen LogP contribution in [0.2, 0.25) is 5.02 Å². The fraction of sp³-hybridized carbons (Fsp3) is 0.375. The molecule has 0 unspecified atom stereocenters. The largest absolute Gasteiger partial charge is 0.337 e. The Morgan fingerprint density at radius 1 is 1.20 bits per heavy atom. The fourth-order valence-corrected chi connectivity index (χ4v) is 4.13. The van der Waals surface area contributed by atoms with E-state index in [1.54, 1.807) is 12.1 Å².